The summed E-state index contributed by atoms with van der Waals surface area (Å²) in [6.45, 7) is 4.90. The first kappa shape index (κ1) is 19.9. The fourth-order valence-electron chi connectivity index (χ4n) is 1.64. The van der Waals surface area contributed by atoms with Crippen LogP contribution in [0, 0.1) is 13.8 Å². The fourth-order valence-corrected chi connectivity index (χ4v) is 2.57. The Balaban J connectivity index is 0.00000200. The van der Waals surface area contributed by atoms with E-state index < -0.39 is 0 Å². The number of nitrogens with one attached hydrogen (secondary N) is 1. The van der Waals surface area contributed by atoms with Crippen molar-refractivity contribution in [3.8, 4) is 0 Å². The van der Waals surface area contributed by atoms with Crippen LogP contribution in [0.4, 0.5) is 0 Å². The molecule has 0 radical (unpaired) electrons. The molecule has 118 valence electrons. The maximum Gasteiger partial charge on any atom is 0.254 e. The third kappa shape index (κ3) is 5.32. The van der Waals surface area contributed by atoms with Gasteiger partial charge in [-0.05, 0) is 19.9 Å². The predicted octanol–water partition coefficient (Wildman–Crippen LogP) is 2.63. The summed E-state index contributed by atoms with van der Waals surface area (Å²) >= 11 is 1.67. The van der Waals surface area contributed by atoms with Gasteiger partial charge in [-0.15, -0.1) is 36.2 Å². The Morgan fingerprint density at radius 3 is 2.67 bits per heavy atom. The lowest BCUT2D eigenvalue weighted by Crippen LogP contribution is -2.25. The molecule has 2 aromatic rings. The molecule has 0 bridgehead atoms. The van der Waals surface area contributed by atoms with Crippen LogP contribution < -0.4 is 11.1 Å². The van der Waals surface area contributed by atoms with Crippen LogP contribution in [0.1, 0.15) is 31.7 Å². The van der Waals surface area contributed by atoms with E-state index in [1.165, 1.54) is 11.1 Å². The van der Waals surface area contributed by atoms with E-state index >= 15 is 0 Å². The summed E-state index contributed by atoms with van der Waals surface area (Å²) in [5.41, 5.74) is 6.99. The lowest BCUT2D eigenvalue weighted by molar-refractivity contribution is 0.0953. The zero-order valence-corrected chi connectivity index (χ0v) is 14.3. The molecule has 0 unspecified atom stereocenters. The van der Waals surface area contributed by atoms with Crippen LogP contribution in [0.15, 0.2) is 16.7 Å². The van der Waals surface area contributed by atoms with Crippen molar-refractivity contribution in [1.29, 1.82) is 0 Å². The number of carbonyl (C=O) groups excluding carboxylic acids is 1. The number of hydrogen-bond donors (Lipinski definition) is 2. The number of nitrogens with two attached hydrogens (primary N) is 1. The molecule has 0 saturated heterocycles. The first-order chi connectivity index (χ1) is 9.10. The van der Waals surface area contributed by atoms with Gasteiger partial charge >= 0.3 is 0 Å². The Kier molecular flexibility index (Phi) is 8.58. The molecule has 0 aliphatic rings. The number of carbonyl (C=O) groups is 1. The monoisotopic (exact) mass is 351 g/mol. The highest BCUT2D eigenvalue weighted by atomic mass is 35.5. The number of halogens is 2. The van der Waals surface area contributed by atoms with Gasteiger partial charge in [0.25, 0.3) is 5.91 Å². The van der Waals surface area contributed by atoms with Crippen molar-refractivity contribution in [2.75, 3.05) is 6.54 Å². The average Bonchev–Trinajstić information content (AvgIpc) is 2.97. The molecule has 0 atom stereocenters. The number of rotatable bonds is 5. The second-order valence-electron chi connectivity index (χ2n) is 4.26. The van der Waals surface area contributed by atoms with Gasteiger partial charge in [-0.2, -0.15) is 0 Å². The van der Waals surface area contributed by atoms with Crippen LogP contribution in [0.25, 0.3) is 0 Å². The van der Waals surface area contributed by atoms with Crippen LogP contribution in [-0.2, 0) is 13.0 Å². The van der Waals surface area contributed by atoms with E-state index in [2.05, 4.69) is 17.2 Å². The summed E-state index contributed by atoms with van der Waals surface area (Å²) in [7, 11) is 0. The molecule has 2 aromatic heterocycles. The molecule has 2 rings (SSSR count). The van der Waals surface area contributed by atoms with E-state index in [4.69, 9.17) is 10.2 Å². The number of aryl methyl sites for hydroxylation is 2. The van der Waals surface area contributed by atoms with Crippen LogP contribution in [0.3, 0.4) is 0 Å². The SMILES string of the molecule is Cc1nc(CCNC(=O)c2coc(CN)c2)sc1C.Cl.Cl. The minimum absolute atomic E-state index is 0. The molecule has 0 aliphatic carbocycles. The maximum atomic E-state index is 11.8. The summed E-state index contributed by atoms with van der Waals surface area (Å²) in [5.74, 6) is 0.463. The number of nitrogens with zero attached hydrogens (tertiary/aromatic N) is 1. The molecule has 0 spiro atoms. The quantitative estimate of drug-likeness (QED) is 0.867. The van der Waals surface area contributed by atoms with Crippen molar-refractivity contribution in [2.45, 2.75) is 26.8 Å². The van der Waals surface area contributed by atoms with Crippen molar-refractivity contribution >= 4 is 42.1 Å². The van der Waals surface area contributed by atoms with E-state index in [0.717, 1.165) is 17.1 Å². The molecule has 21 heavy (non-hydrogen) atoms. The maximum absolute atomic E-state index is 11.8. The first-order valence-corrected chi connectivity index (χ1v) is 6.90. The standard InChI is InChI=1S/C13H17N3O2S.2ClH/c1-8-9(2)19-12(16-8)3-4-15-13(17)10-5-11(6-14)18-7-10;;/h5,7H,3-4,6,14H2,1-2H3,(H,15,17);2*1H. The van der Waals surface area contributed by atoms with Crippen molar-refractivity contribution in [1.82, 2.24) is 10.3 Å². The van der Waals surface area contributed by atoms with Crippen molar-refractivity contribution in [3.63, 3.8) is 0 Å². The Hall–Kier alpha value is -1.08. The summed E-state index contributed by atoms with van der Waals surface area (Å²) in [4.78, 5) is 17.5. The van der Waals surface area contributed by atoms with Gasteiger partial charge in [0.05, 0.1) is 22.8 Å². The second-order valence-corrected chi connectivity index (χ2v) is 5.55. The highest BCUT2D eigenvalue weighted by molar-refractivity contribution is 7.11. The van der Waals surface area contributed by atoms with E-state index in [1.807, 2.05) is 6.92 Å². The number of thiazole rings is 1. The molecule has 0 aromatic carbocycles. The van der Waals surface area contributed by atoms with E-state index in [0.29, 0.717) is 24.4 Å². The molecule has 1 amide bonds. The molecule has 2 heterocycles. The van der Waals surface area contributed by atoms with Gasteiger partial charge in [0.1, 0.15) is 12.0 Å². The Morgan fingerprint density at radius 1 is 1.43 bits per heavy atom. The molecule has 0 saturated carbocycles. The van der Waals surface area contributed by atoms with Crippen LogP contribution in [-0.4, -0.2) is 17.4 Å². The van der Waals surface area contributed by atoms with Gasteiger partial charge in [-0.1, -0.05) is 0 Å². The van der Waals surface area contributed by atoms with Gasteiger partial charge < -0.3 is 15.5 Å². The smallest absolute Gasteiger partial charge is 0.254 e. The number of amides is 1. The summed E-state index contributed by atoms with van der Waals surface area (Å²) in [5, 5.41) is 3.89. The van der Waals surface area contributed by atoms with Crippen molar-refractivity contribution in [3.05, 3.63) is 39.2 Å². The van der Waals surface area contributed by atoms with Crippen molar-refractivity contribution in [2.24, 2.45) is 5.73 Å². The topological polar surface area (TPSA) is 81.2 Å². The molecular weight excluding hydrogens is 333 g/mol. The predicted molar refractivity (Wildman–Crippen MR) is 88.7 cm³/mol. The fraction of sp³-hybridized carbons (Fsp3) is 0.385. The number of aromatic nitrogens is 1. The van der Waals surface area contributed by atoms with Gasteiger partial charge in [0, 0.05) is 17.8 Å². The zero-order valence-electron chi connectivity index (χ0n) is 11.8. The Labute approximate surface area is 140 Å². The lowest BCUT2D eigenvalue weighted by atomic mass is 10.3. The van der Waals surface area contributed by atoms with E-state index in [-0.39, 0.29) is 30.7 Å². The number of furan rings is 1. The van der Waals surface area contributed by atoms with Gasteiger partial charge in [-0.25, -0.2) is 4.98 Å². The Morgan fingerprint density at radius 2 is 2.14 bits per heavy atom. The third-order valence-corrected chi connectivity index (χ3v) is 3.95. The average molecular weight is 352 g/mol. The lowest BCUT2D eigenvalue weighted by Gasteiger charge is -2.00. The molecule has 8 heteroatoms. The molecule has 5 nitrogen and oxygen atoms in total. The van der Waals surface area contributed by atoms with Crippen molar-refractivity contribution < 1.29 is 9.21 Å². The summed E-state index contributed by atoms with van der Waals surface area (Å²) < 4.78 is 5.12. The van der Waals surface area contributed by atoms with Crippen LogP contribution >= 0.6 is 36.2 Å². The largest absolute Gasteiger partial charge is 0.467 e. The molecule has 3 N–H and O–H groups in total. The summed E-state index contributed by atoms with van der Waals surface area (Å²) in [6, 6.07) is 1.66. The van der Waals surface area contributed by atoms with Crippen LogP contribution in [0.2, 0.25) is 0 Å². The molecule has 0 fully saturated rings. The highest BCUT2D eigenvalue weighted by Crippen LogP contribution is 2.16. The normalized spacial score (nSPS) is 9.67. The minimum atomic E-state index is -0.145. The highest BCUT2D eigenvalue weighted by Gasteiger charge is 2.09. The minimum Gasteiger partial charge on any atom is -0.467 e. The molecular formula is C13H19Cl2N3O2S. The van der Waals surface area contributed by atoms with E-state index in [1.54, 1.807) is 17.4 Å². The molecule has 0 aliphatic heterocycles. The van der Waals surface area contributed by atoms with Gasteiger partial charge in [0.15, 0.2) is 0 Å². The number of hydrogen-bond acceptors (Lipinski definition) is 5. The van der Waals surface area contributed by atoms with Gasteiger partial charge in [0.2, 0.25) is 0 Å². The van der Waals surface area contributed by atoms with Gasteiger partial charge in [-0.3, -0.25) is 4.79 Å². The van der Waals surface area contributed by atoms with E-state index in [9.17, 15) is 4.79 Å². The first-order valence-electron chi connectivity index (χ1n) is 6.08. The second kappa shape index (κ2) is 9.04. The summed E-state index contributed by atoms with van der Waals surface area (Å²) in [6.07, 6.45) is 2.17. The zero-order chi connectivity index (χ0) is 13.8. The Bertz CT molecular complexity index is 564. The third-order valence-electron chi connectivity index (χ3n) is 2.81. The van der Waals surface area contributed by atoms with Crippen LogP contribution in [0.5, 0.6) is 0 Å².